The number of aromatic hydroxyl groups is 2. The van der Waals surface area contributed by atoms with Gasteiger partial charge in [-0.25, -0.2) is 0 Å². The van der Waals surface area contributed by atoms with Crippen molar-refractivity contribution >= 4 is 5.97 Å². The monoisotopic (exact) mass is 196 g/mol. The van der Waals surface area contributed by atoms with Gasteiger partial charge in [-0.15, -0.1) is 0 Å². The molecule has 0 aliphatic rings. The van der Waals surface area contributed by atoms with Crippen LogP contribution in [0.3, 0.4) is 0 Å². The highest BCUT2D eigenvalue weighted by Crippen LogP contribution is 2.34. The number of carboxylic acid groups (broad SMARTS) is 1. The van der Waals surface area contributed by atoms with E-state index in [9.17, 15) is 15.0 Å². The summed E-state index contributed by atoms with van der Waals surface area (Å²) in [5.74, 6) is -1.71. The number of benzene rings is 1. The van der Waals surface area contributed by atoms with Crippen LogP contribution in [-0.2, 0) is 4.79 Å². The Morgan fingerprint density at radius 3 is 2.64 bits per heavy atom. The van der Waals surface area contributed by atoms with Crippen molar-refractivity contribution in [2.24, 2.45) is 0 Å². The van der Waals surface area contributed by atoms with Crippen LogP contribution in [0.15, 0.2) is 18.2 Å². The zero-order valence-electron chi connectivity index (χ0n) is 7.77. The number of hydrogen-bond acceptors (Lipinski definition) is 3. The van der Waals surface area contributed by atoms with Crippen LogP contribution in [0.2, 0.25) is 0 Å². The van der Waals surface area contributed by atoms with E-state index in [-0.39, 0.29) is 23.8 Å². The van der Waals surface area contributed by atoms with Gasteiger partial charge in [-0.3, -0.25) is 4.79 Å². The summed E-state index contributed by atoms with van der Waals surface area (Å²) in [4.78, 5) is 10.4. The van der Waals surface area contributed by atoms with Crippen molar-refractivity contribution in [3.8, 4) is 11.5 Å². The molecule has 4 heteroatoms. The lowest BCUT2D eigenvalue weighted by Gasteiger charge is -2.11. The largest absolute Gasteiger partial charge is 0.504 e. The Balaban J connectivity index is 2.95. The van der Waals surface area contributed by atoms with Gasteiger partial charge in [0.1, 0.15) is 0 Å². The molecule has 1 aromatic rings. The zero-order chi connectivity index (χ0) is 10.7. The first-order valence-electron chi connectivity index (χ1n) is 4.25. The number of hydrogen-bond donors (Lipinski definition) is 3. The van der Waals surface area contributed by atoms with Crippen LogP contribution in [0.25, 0.3) is 0 Å². The fourth-order valence-corrected chi connectivity index (χ4v) is 1.32. The fourth-order valence-electron chi connectivity index (χ4n) is 1.32. The Bertz CT molecular complexity index is 346. The second-order valence-corrected chi connectivity index (χ2v) is 3.21. The topological polar surface area (TPSA) is 77.8 Å². The summed E-state index contributed by atoms with van der Waals surface area (Å²) >= 11 is 0. The summed E-state index contributed by atoms with van der Waals surface area (Å²) in [5, 5.41) is 27.2. The highest BCUT2D eigenvalue weighted by atomic mass is 16.4. The number of carbonyl (C=O) groups is 1. The molecule has 0 aliphatic heterocycles. The first kappa shape index (κ1) is 10.4. The Labute approximate surface area is 81.4 Å². The van der Waals surface area contributed by atoms with Gasteiger partial charge in [-0.05, 0) is 12.0 Å². The predicted molar refractivity (Wildman–Crippen MR) is 50.4 cm³/mol. The van der Waals surface area contributed by atoms with Crippen molar-refractivity contribution in [2.45, 2.75) is 19.3 Å². The molecule has 0 saturated heterocycles. The van der Waals surface area contributed by atoms with Gasteiger partial charge in [0, 0.05) is 5.56 Å². The van der Waals surface area contributed by atoms with Crippen molar-refractivity contribution in [3.05, 3.63) is 23.8 Å². The fraction of sp³-hybridized carbons (Fsp3) is 0.300. The van der Waals surface area contributed by atoms with E-state index in [2.05, 4.69) is 0 Å². The molecular formula is C10H12O4. The lowest BCUT2D eigenvalue weighted by Crippen LogP contribution is -2.02. The minimum atomic E-state index is -0.930. The van der Waals surface area contributed by atoms with Gasteiger partial charge >= 0.3 is 5.97 Å². The molecule has 0 saturated carbocycles. The number of phenolic OH excluding ortho intramolecular Hbond substituents is 2. The maximum absolute atomic E-state index is 10.4. The van der Waals surface area contributed by atoms with Gasteiger partial charge in [0.15, 0.2) is 11.5 Å². The third-order valence-electron chi connectivity index (χ3n) is 2.06. The van der Waals surface area contributed by atoms with E-state index in [1.807, 2.05) is 0 Å². The van der Waals surface area contributed by atoms with Crippen LogP contribution >= 0.6 is 0 Å². The molecule has 0 heterocycles. The van der Waals surface area contributed by atoms with Crippen LogP contribution in [0.4, 0.5) is 0 Å². The van der Waals surface area contributed by atoms with Gasteiger partial charge in [-0.2, -0.15) is 0 Å². The first-order valence-corrected chi connectivity index (χ1v) is 4.25. The lowest BCUT2D eigenvalue weighted by atomic mass is 9.97. The molecule has 0 bridgehead atoms. The van der Waals surface area contributed by atoms with Crippen molar-refractivity contribution in [2.75, 3.05) is 0 Å². The Morgan fingerprint density at radius 1 is 1.43 bits per heavy atom. The van der Waals surface area contributed by atoms with E-state index >= 15 is 0 Å². The SMILES string of the molecule is C[C@@H](CC(=O)O)c1cccc(O)c1O. The Morgan fingerprint density at radius 2 is 2.07 bits per heavy atom. The summed E-state index contributed by atoms with van der Waals surface area (Å²) < 4.78 is 0. The van der Waals surface area contributed by atoms with Gasteiger partial charge in [-0.1, -0.05) is 19.1 Å². The third-order valence-corrected chi connectivity index (χ3v) is 2.06. The van der Waals surface area contributed by atoms with E-state index < -0.39 is 5.97 Å². The van der Waals surface area contributed by atoms with Gasteiger partial charge in [0.2, 0.25) is 0 Å². The number of carboxylic acids is 1. The maximum Gasteiger partial charge on any atom is 0.303 e. The van der Waals surface area contributed by atoms with E-state index in [0.717, 1.165) is 0 Å². The normalized spacial score (nSPS) is 12.4. The second kappa shape index (κ2) is 4.00. The molecule has 1 rings (SSSR count). The molecule has 0 spiro atoms. The summed E-state index contributed by atoms with van der Waals surface area (Å²) in [7, 11) is 0. The Hall–Kier alpha value is -1.71. The maximum atomic E-state index is 10.4. The molecule has 0 aromatic heterocycles. The number of para-hydroxylation sites is 1. The molecule has 0 radical (unpaired) electrons. The smallest absolute Gasteiger partial charge is 0.303 e. The molecule has 0 amide bonds. The summed E-state index contributed by atoms with van der Waals surface area (Å²) in [6.07, 6.45) is -0.0724. The Kier molecular flexibility index (Phi) is 2.96. The summed E-state index contributed by atoms with van der Waals surface area (Å²) in [5.41, 5.74) is 0.451. The van der Waals surface area contributed by atoms with Crippen molar-refractivity contribution in [3.63, 3.8) is 0 Å². The molecule has 0 aliphatic carbocycles. The lowest BCUT2D eigenvalue weighted by molar-refractivity contribution is -0.137. The van der Waals surface area contributed by atoms with Crippen LogP contribution in [0, 0.1) is 0 Å². The molecule has 14 heavy (non-hydrogen) atoms. The minimum Gasteiger partial charge on any atom is -0.504 e. The average Bonchev–Trinajstić information content (AvgIpc) is 2.08. The minimum absolute atomic E-state index is 0.0724. The van der Waals surface area contributed by atoms with Crippen molar-refractivity contribution < 1.29 is 20.1 Å². The number of aliphatic carboxylic acids is 1. The van der Waals surface area contributed by atoms with Crippen LogP contribution in [0.5, 0.6) is 11.5 Å². The highest BCUT2D eigenvalue weighted by molar-refractivity contribution is 5.68. The summed E-state index contributed by atoms with van der Waals surface area (Å²) in [6.45, 7) is 1.68. The van der Waals surface area contributed by atoms with Gasteiger partial charge < -0.3 is 15.3 Å². The second-order valence-electron chi connectivity index (χ2n) is 3.21. The number of phenols is 2. The van der Waals surface area contributed by atoms with Crippen molar-refractivity contribution in [1.82, 2.24) is 0 Å². The molecule has 0 fully saturated rings. The van der Waals surface area contributed by atoms with Crippen LogP contribution < -0.4 is 0 Å². The number of rotatable bonds is 3. The zero-order valence-corrected chi connectivity index (χ0v) is 7.77. The van der Waals surface area contributed by atoms with E-state index in [1.165, 1.54) is 6.07 Å². The first-order chi connectivity index (χ1) is 6.52. The van der Waals surface area contributed by atoms with E-state index in [0.29, 0.717) is 5.56 Å². The molecule has 1 atom stereocenters. The molecule has 1 aromatic carbocycles. The van der Waals surface area contributed by atoms with Crippen molar-refractivity contribution in [1.29, 1.82) is 0 Å². The predicted octanol–water partition coefficient (Wildman–Crippen LogP) is 1.68. The highest BCUT2D eigenvalue weighted by Gasteiger charge is 2.15. The third kappa shape index (κ3) is 2.16. The quantitative estimate of drug-likeness (QED) is 0.642. The van der Waals surface area contributed by atoms with E-state index in [4.69, 9.17) is 5.11 Å². The summed E-state index contributed by atoms with van der Waals surface area (Å²) in [6, 6.07) is 4.53. The molecule has 4 nitrogen and oxygen atoms in total. The molecule has 0 unspecified atom stereocenters. The molecule has 3 N–H and O–H groups in total. The molecular weight excluding hydrogens is 184 g/mol. The van der Waals surface area contributed by atoms with Crippen LogP contribution in [0.1, 0.15) is 24.8 Å². The van der Waals surface area contributed by atoms with Gasteiger partial charge in [0.05, 0.1) is 6.42 Å². The van der Waals surface area contributed by atoms with Gasteiger partial charge in [0.25, 0.3) is 0 Å². The average molecular weight is 196 g/mol. The standard InChI is InChI=1S/C10H12O4/c1-6(5-9(12)13)7-3-2-4-8(11)10(7)14/h2-4,6,11,14H,5H2,1H3,(H,12,13)/t6-/m0/s1. The molecule has 76 valence electrons. The van der Waals surface area contributed by atoms with E-state index in [1.54, 1.807) is 19.1 Å². The van der Waals surface area contributed by atoms with Crippen LogP contribution in [-0.4, -0.2) is 21.3 Å².